The van der Waals surface area contributed by atoms with Crippen molar-refractivity contribution in [1.82, 2.24) is 5.32 Å². The van der Waals surface area contributed by atoms with E-state index in [0.29, 0.717) is 23.9 Å². The number of aliphatic hydroxyl groups excluding tert-OH is 1. The molecule has 1 aliphatic heterocycles. The lowest BCUT2D eigenvalue weighted by molar-refractivity contribution is 0.134. The third-order valence-electron chi connectivity index (χ3n) is 3.74. The van der Waals surface area contributed by atoms with Crippen molar-refractivity contribution in [2.45, 2.75) is 19.3 Å². The zero-order chi connectivity index (χ0) is 16.2. The van der Waals surface area contributed by atoms with Crippen molar-refractivity contribution in [2.75, 3.05) is 11.9 Å². The number of carbonyl (C=O) groups is 1. The van der Waals surface area contributed by atoms with Crippen LogP contribution in [0.2, 0.25) is 5.02 Å². The summed E-state index contributed by atoms with van der Waals surface area (Å²) in [6.07, 6.45) is 0. The number of nitrogens with one attached hydrogen (secondary N) is 2. The minimum Gasteiger partial charge on any atom is -0.394 e. The Balaban J connectivity index is 1.64. The quantitative estimate of drug-likeness (QED) is 0.805. The van der Waals surface area contributed by atoms with Crippen LogP contribution in [0.4, 0.5) is 10.5 Å². The van der Waals surface area contributed by atoms with Gasteiger partial charge in [0.05, 0.1) is 25.9 Å². The highest BCUT2D eigenvalue weighted by Crippen LogP contribution is 2.23. The number of hydrogen-bond acceptors (Lipinski definition) is 3. The second-order valence-electron chi connectivity index (χ2n) is 5.36. The predicted molar refractivity (Wildman–Crippen MR) is 88.4 cm³/mol. The maximum Gasteiger partial charge on any atom is 0.319 e. The highest BCUT2D eigenvalue weighted by atomic mass is 35.5. The van der Waals surface area contributed by atoms with E-state index in [9.17, 15) is 9.90 Å². The molecule has 1 aliphatic rings. The summed E-state index contributed by atoms with van der Waals surface area (Å²) < 4.78 is 5.35. The Morgan fingerprint density at radius 2 is 1.91 bits per heavy atom. The van der Waals surface area contributed by atoms with E-state index in [0.717, 1.165) is 16.7 Å². The fourth-order valence-electron chi connectivity index (χ4n) is 2.50. The molecule has 2 aromatic rings. The molecule has 1 heterocycles. The van der Waals surface area contributed by atoms with Gasteiger partial charge in [-0.2, -0.15) is 0 Å². The normalized spacial score (nSPS) is 14.2. The molecule has 0 saturated heterocycles. The summed E-state index contributed by atoms with van der Waals surface area (Å²) in [5.41, 5.74) is 3.71. The minimum absolute atomic E-state index is 0.201. The number of ether oxygens (including phenoxy) is 1. The number of benzene rings is 2. The molecule has 5 nitrogen and oxygen atoms in total. The molecule has 0 aliphatic carbocycles. The largest absolute Gasteiger partial charge is 0.394 e. The minimum atomic E-state index is -0.495. The molecule has 120 valence electrons. The molecule has 2 amide bonds. The third kappa shape index (κ3) is 3.82. The molecule has 23 heavy (non-hydrogen) atoms. The van der Waals surface area contributed by atoms with Crippen molar-refractivity contribution in [3.05, 3.63) is 64.2 Å². The Hall–Kier alpha value is -2.08. The summed E-state index contributed by atoms with van der Waals surface area (Å²) in [6.45, 7) is 0.981. The smallest absolute Gasteiger partial charge is 0.319 e. The van der Waals surface area contributed by atoms with Gasteiger partial charge in [0.2, 0.25) is 0 Å². The second kappa shape index (κ2) is 7.00. The number of carbonyl (C=O) groups excluding carboxylic acids is 1. The molecule has 0 bridgehead atoms. The van der Waals surface area contributed by atoms with Gasteiger partial charge in [-0.25, -0.2) is 4.79 Å². The van der Waals surface area contributed by atoms with Crippen LogP contribution in [-0.2, 0) is 18.0 Å². The second-order valence-corrected chi connectivity index (χ2v) is 5.80. The van der Waals surface area contributed by atoms with E-state index in [1.807, 2.05) is 18.2 Å². The van der Waals surface area contributed by atoms with Gasteiger partial charge in [-0.1, -0.05) is 29.8 Å². The Labute approximate surface area is 139 Å². The van der Waals surface area contributed by atoms with Crippen LogP contribution in [0, 0.1) is 0 Å². The first-order chi connectivity index (χ1) is 11.2. The number of anilines is 1. The van der Waals surface area contributed by atoms with Crippen molar-refractivity contribution in [3.8, 4) is 0 Å². The van der Waals surface area contributed by atoms with Gasteiger partial charge in [0.25, 0.3) is 0 Å². The Kier molecular flexibility index (Phi) is 4.81. The summed E-state index contributed by atoms with van der Waals surface area (Å²) >= 11 is 5.85. The molecular weight excluding hydrogens is 316 g/mol. The molecule has 1 unspecified atom stereocenters. The topological polar surface area (TPSA) is 70.6 Å². The first-order valence-electron chi connectivity index (χ1n) is 7.29. The number of hydrogen-bond donors (Lipinski definition) is 3. The van der Waals surface area contributed by atoms with Crippen molar-refractivity contribution in [3.63, 3.8) is 0 Å². The number of amides is 2. The number of fused-ring (bicyclic) bond motifs is 1. The van der Waals surface area contributed by atoms with E-state index >= 15 is 0 Å². The van der Waals surface area contributed by atoms with Crippen LogP contribution in [0.5, 0.6) is 0 Å². The first-order valence-corrected chi connectivity index (χ1v) is 7.67. The van der Waals surface area contributed by atoms with Crippen LogP contribution in [0.15, 0.2) is 42.5 Å². The third-order valence-corrected chi connectivity index (χ3v) is 3.99. The molecule has 0 radical (unpaired) electrons. The van der Waals surface area contributed by atoms with Gasteiger partial charge >= 0.3 is 6.03 Å². The van der Waals surface area contributed by atoms with Crippen molar-refractivity contribution >= 4 is 23.3 Å². The zero-order valence-corrected chi connectivity index (χ0v) is 13.1. The monoisotopic (exact) mass is 332 g/mol. The number of urea groups is 1. The molecular formula is C17H17ClN2O3. The van der Waals surface area contributed by atoms with E-state index in [1.165, 1.54) is 0 Å². The van der Waals surface area contributed by atoms with E-state index in [2.05, 4.69) is 10.6 Å². The van der Waals surface area contributed by atoms with Gasteiger partial charge in [-0.3, -0.25) is 0 Å². The maximum absolute atomic E-state index is 12.1. The molecule has 1 atom stereocenters. The van der Waals surface area contributed by atoms with E-state index in [1.54, 1.807) is 24.3 Å². The summed E-state index contributed by atoms with van der Waals surface area (Å²) in [5, 5.41) is 15.6. The SMILES string of the molecule is O=C(Nc1ccc2c(c1)COC2)NC(CO)c1ccc(Cl)cc1. The average Bonchev–Trinajstić information content (AvgIpc) is 3.01. The van der Waals surface area contributed by atoms with Gasteiger partial charge < -0.3 is 20.5 Å². The van der Waals surface area contributed by atoms with Crippen LogP contribution in [0.1, 0.15) is 22.7 Å². The van der Waals surface area contributed by atoms with Crippen LogP contribution in [-0.4, -0.2) is 17.7 Å². The van der Waals surface area contributed by atoms with E-state index in [4.69, 9.17) is 16.3 Å². The molecule has 2 aromatic carbocycles. The molecule has 6 heteroatoms. The molecule has 0 spiro atoms. The van der Waals surface area contributed by atoms with Crippen LogP contribution in [0.25, 0.3) is 0 Å². The summed E-state index contributed by atoms with van der Waals surface area (Å²) in [6, 6.07) is 11.8. The Morgan fingerprint density at radius 1 is 1.17 bits per heavy atom. The molecule has 0 saturated carbocycles. The zero-order valence-electron chi connectivity index (χ0n) is 12.4. The first kappa shape index (κ1) is 15.8. The van der Waals surface area contributed by atoms with Crippen LogP contribution in [0.3, 0.4) is 0 Å². The summed E-state index contributed by atoms with van der Waals surface area (Å²) in [7, 11) is 0. The van der Waals surface area contributed by atoms with Crippen molar-refractivity contribution in [2.24, 2.45) is 0 Å². The fraction of sp³-hybridized carbons (Fsp3) is 0.235. The Bertz CT molecular complexity index is 703. The van der Waals surface area contributed by atoms with E-state index < -0.39 is 6.04 Å². The van der Waals surface area contributed by atoms with Crippen molar-refractivity contribution < 1.29 is 14.6 Å². The number of aliphatic hydroxyl groups is 1. The average molecular weight is 333 g/mol. The molecule has 3 N–H and O–H groups in total. The highest BCUT2D eigenvalue weighted by Gasteiger charge is 2.15. The van der Waals surface area contributed by atoms with Gasteiger partial charge in [0.1, 0.15) is 0 Å². The Morgan fingerprint density at radius 3 is 2.65 bits per heavy atom. The van der Waals surface area contributed by atoms with Gasteiger partial charge in [0.15, 0.2) is 0 Å². The lowest BCUT2D eigenvalue weighted by atomic mass is 10.1. The highest BCUT2D eigenvalue weighted by molar-refractivity contribution is 6.30. The lowest BCUT2D eigenvalue weighted by Gasteiger charge is -2.17. The molecule has 0 aromatic heterocycles. The van der Waals surface area contributed by atoms with Gasteiger partial charge in [0, 0.05) is 10.7 Å². The fourth-order valence-corrected chi connectivity index (χ4v) is 2.63. The summed E-state index contributed by atoms with van der Waals surface area (Å²) in [5.74, 6) is 0. The molecule has 0 fully saturated rings. The summed E-state index contributed by atoms with van der Waals surface area (Å²) in [4.78, 5) is 12.1. The maximum atomic E-state index is 12.1. The van der Waals surface area contributed by atoms with Gasteiger partial charge in [-0.05, 0) is 41.0 Å². The van der Waals surface area contributed by atoms with E-state index in [-0.39, 0.29) is 12.6 Å². The number of rotatable bonds is 4. The lowest BCUT2D eigenvalue weighted by Crippen LogP contribution is -2.34. The standard InChI is InChI=1S/C17H17ClN2O3/c18-14-4-1-11(2-5-14)16(8-21)20-17(22)19-15-6-3-12-9-23-10-13(12)7-15/h1-7,16,21H,8-10H2,(H2,19,20,22). The van der Waals surface area contributed by atoms with Gasteiger partial charge in [-0.15, -0.1) is 0 Å². The predicted octanol–water partition coefficient (Wildman–Crippen LogP) is 3.23. The van der Waals surface area contributed by atoms with Crippen LogP contribution < -0.4 is 10.6 Å². The number of halogens is 1. The van der Waals surface area contributed by atoms with Crippen LogP contribution >= 0.6 is 11.6 Å². The van der Waals surface area contributed by atoms with Crippen molar-refractivity contribution in [1.29, 1.82) is 0 Å². The molecule has 3 rings (SSSR count).